The standard InChI is InChI=1S/C17H25NO3/c1-12(2)15(16(20)21-17(3,4)5)18-14(19)11-13-9-7-6-8-10-13/h6-10,12,15H,11H2,1-5H3,(H,18,19)/t15-/m1/s1. The monoisotopic (exact) mass is 291 g/mol. The largest absolute Gasteiger partial charge is 0.458 e. The summed E-state index contributed by atoms with van der Waals surface area (Å²) in [6, 6.07) is 8.82. The van der Waals surface area contributed by atoms with Crippen LogP contribution < -0.4 is 5.32 Å². The number of amides is 1. The highest BCUT2D eigenvalue weighted by atomic mass is 16.6. The average Bonchev–Trinajstić information content (AvgIpc) is 2.34. The van der Waals surface area contributed by atoms with Gasteiger partial charge >= 0.3 is 5.97 Å². The van der Waals surface area contributed by atoms with Gasteiger partial charge < -0.3 is 10.1 Å². The van der Waals surface area contributed by atoms with Gasteiger partial charge in [-0.1, -0.05) is 44.2 Å². The minimum absolute atomic E-state index is 0.0282. The van der Waals surface area contributed by atoms with Crippen LogP contribution in [0.25, 0.3) is 0 Å². The Balaban J connectivity index is 2.66. The summed E-state index contributed by atoms with van der Waals surface area (Å²) < 4.78 is 5.36. The molecule has 0 unspecified atom stereocenters. The number of carbonyl (C=O) groups is 2. The second kappa shape index (κ2) is 7.25. The number of carbonyl (C=O) groups excluding carboxylic acids is 2. The minimum atomic E-state index is -0.625. The number of hydrogen-bond donors (Lipinski definition) is 1. The van der Waals surface area contributed by atoms with Crippen molar-refractivity contribution in [1.82, 2.24) is 5.32 Å². The van der Waals surface area contributed by atoms with Crippen molar-refractivity contribution in [3.05, 3.63) is 35.9 Å². The molecule has 0 bridgehead atoms. The van der Waals surface area contributed by atoms with Crippen molar-refractivity contribution in [2.24, 2.45) is 5.92 Å². The lowest BCUT2D eigenvalue weighted by atomic mass is 10.0. The molecule has 4 heteroatoms. The Bertz CT molecular complexity index is 475. The first-order chi connectivity index (χ1) is 9.69. The first kappa shape index (κ1) is 17.2. The molecule has 0 aliphatic heterocycles. The molecule has 1 aromatic carbocycles. The fourth-order valence-corrected chi connectivity index (χ4v) is 1.87. The molecule has 21 heavy (non-hydrogen) atoms. The number of hydrogen-bond acceptors (Lipinski definition) is 3. The zero-order valence-corrected chi connectivity index (χ0v) is 13.5. The summed E-state index contributed by atoms with van der Waals surface area (Å²) in [6.07, 6.45) is 0.257. The summed E-state index contributed by atoms with van der Waals surface area (Å²) in [6.45, 7) is 9.21. The van der Waals surface area contributed by atoms with E-state index >= 15 is 0 Å². The molecule has 0 fully saturated rings. The summed E-state index contributed by atoms with van der Waals surface area (Å²) in [5, 5.41) is 2.77. The second-order valence-corrected chi connectivity index (χ2v) is 6.49. The molecule has 1 aromatic rings. The molecular formula is C17H25NO3. The molecule has 0 saturated carbocycles. The Morgan fingerprint density at radius 2 is 1.71 bits per heavy atom. The van der Waals surface area contributed by atoms with E-state index in [0.29, 0.717) is 0 Å². The van der Waals surface area contributed by atoms with Crippen LogP contribution in [0.2, 0.25) is 0 Å². The minimum Gasteiger partial charge on any atom is -0.458 e. The molecule has 0 radical (unpaired) electrons. The molecule has 0 aliphatic rings. The summed E-state index contributed by atoms with van der Waals surface area (Å²) in [5.74, 6) is -0.593. The highest BCUT2D eigenvalue weighted by Gasteiger charge is 2.29. The normalized spacial score (nSPS) is 12.9. The van der Waals surface area contributed by atoms with Crippen molar-refractivity contribution in [1.29, 1.82) is 0 Å². The zero-order valence-electron chi connectivity index (χ0n) is 13.5. The molecule has 0 spiro atoms. The van der Waals surface area contributed by atoms with Crippen molar-refractivity contribution in [3.63, 3.8) is 0 Å². The van der Waals surface area contributed by atoms with E-state index < -0.39 is 11.6 Å². The second-order valence-electron chi connectivity index (χ2n) is 6.49. The Morgan fingerprint density at radius 3 is 2.19 bits per heavy atom. The van der Waals surface area contributed by atoms with Crippen LogP contribution in [0, 0.1) is 5.92 Å². The van der Waals surface area contributed by atoms with Crippen LogP contribution >= 0.6 is 0 Å². The smallest absolute Gasteiger partial charge is 0.329 e. The SMILES string of the molecule is CC(C)[C@@H](NC(=O)Cc1ccccc1)C(=O)OC(C)(C)C. The number of esters is 1. The Hall–Kier alpha value is -1.84. The first-order valence-electron chi connectivity index (χ1n) is 7.25. The molecule has 1 atom stereocenters. The molecule has 0 aliphatic carbocycles. The molecule has 1 amide bonds. The summed E-state index contributed by atoms with van der Waals surface area (Å²) in [4.78, 5) is 24.2. The fraction of sp³-hybridized carbons (Fsp3) is 0.529. The van der Waals surface area contributed by atoms with Crippen molar-refractivity contribution >= 4 is 11.9 Å². The van der Waals surface area contributed by atoms with Crippen molar-refractivity contribution in [3.8, 4) is 0 Å². The van der Waals surface area contributed by atoms with Gasteiger partial charge in [0.2, 0.25) is 5.91 Å². The Morgan fingerprint density at radius 1 is 1.14 bits per heavy atom. The van der Waals surface area contributed by atoms with Crippen molar-refractivity contribution < 1.29 is 14.3 Å². The molecule has 0 saturated heterocycles. The molecule has 1 N–H and O–H groups in total. The van der Waals surface area contributed by atoms with Gasteiger partial charge in [-0.05, 0) is 32.3 Å². The lowest BCUT2D eigenvalue weighted by Gasteiger charge is -2.26. The van der Waals surface area contributed by atoms with Gasteiger partial charge in [0.05, 0.1) is 6.42 Å². The van der Waals surface area contributed by atoms with E-state index in [1.165, 1.54) is 0 Å². The number of rotatable bonds is 5. The van der Waals surface area contributed by atoms with Gasteiger partial charge in [0.15, 0.2) is 0 Å². The maximum atomic E-state index is 12.2. The number of benzene rings is 1. The molecule has 0 heterocycles. The van der Waals surface area contributed by atoms with Crippen LogP contribution in [0.1, 0.15) is 40.2 Å². The molecular weight excluding hydrogens is 266 g/mol. The fourth-order valence-electron chi connectivity index (χ4n) is 1.87. The average molecular weight is 291 g/mol. The van der Waals surface area contributed by atoms with Crippen LogP contribution in [-0.2, 0) is 20.7 Å². The van der Waals surface area contributed by atoms with Crippen LogP contribution in [-0.4, -0.2) is 23.5 Å². The van der Waals surface area contributed by atoms with Gasteiger partial charge in [0.1, 0.15) is 11.6 Å². The van der Waals surface area contributed by atoms with Crippen LogP contribution in [0.5, 0.6) is 0 Å². The van der Waals surface area contributed by atoms with E-state index in [4.69, 9.17) is 4.74 Å². The highest BCUT2D eigenvalue weighted by molar-refractivity contribution is 5.86. The third kappa shape index (κ3) is 6.43. The van der Waals surface area contributed by atoms with Crippen LogP contribution in [0.3, 0.4) is 0 Å². The third-order valence-electron chi connectivity index (χ3n) is 2.85. The van der Waals surface area contributed by atoms with Gasteiger partial charge in [-0.3, -0.25) is 4.79 Å². The summed E-state index contributed by atoms with van der Waals surface area (Å²) in [5.41, 5.74) is 0.357. The lowest BCUT2D eigenvalue weighted by molar-refractivity contribution is -0.159. The predicted molar refractivity (Wildman–Crippen MR) is 82.8 cm³/mol. The molecule has 0 aromatic heterocycles. The van der Waals surface area contributed by atoms with Gasteiger partial charge in [0.25, 0.3) is 0 Å². The summed E-state index contributed by atoms with van der Waals surface area (Å²) >= 11 is 0. The Kier molecular flexibility index (Phi) is 5.94. The molecule has 1 rings (SSSR count). The van der Waals surface area contributed by atoms with Crippen molar-refractivity contribution in [2.75, 3.05) is 0 Å². The maximum Gasteiger partial charge on any atom is 0.329 e. The van der Waals surface area contributed by atoms with Gasteiger partial charge in [-0.25, -0.2) is 4.79 Å². The molecule has 116 valence electrons. The summed E-state index contributed by atoms with van der Waals surface area (Å²) in [7, 11) is 0. The topological polar surface area (TPSA) is 55.4 Å². The number of nitrogens with one attached hydrogen (secondary N) is 1. The van der Waals surface area contributed by atoms with E-state index in [1.807, 2.05) is 65.0 Å². The van der Waals surface area contributed by atoms with Crippen molar-refractivity contribution in [2.45, 2.75) is 52.7 Å². The lowest BCUT2D eigenvalue weighted by Crippen LogP contribution is -2.47. The van der Waals surface area contributed by atoms with Crippen LogP contribution in [0.4, 0.5) is 0 Å². The third-order valence-corrected chi connectivity index (χ3v) is 2.85. The van der Waals surface area contributed by atoms with Gasteiger partial charge in [0, 0.05) is 0 Å². The predicted octanol–water partition coefficient (Wildman–Crippen LogP) is 2.71. The zero-order chi connectivity index (χ0) is 16.0. The van der Waals surface area contributed by atoms with E-state index in [1.54, 1.807) is 0 Å². The quantitative estimate of drug-likeness (QED) is 0.849. The number of ether oxygens (including phenoxy) is 1. The van der Waals surface area contributed by atoms with Gasteiger partial charge in [-0.2, -0.15) is 0 Å². The van der Waals surface area contributed by atoms with E-state index in [2.05, 4.69) is 5.32 Å². The van der Waals surface area contributed by atoms with E-state index in [9.17, 15) is 9.59 Å². The Labute approximate surface area is 126 Å². The maximum absolute atomic E-state index is 12.2. The van der Waals surface area contributed by atoms with Crippen LogP contribution in [0.15, 0.2) is 30.3 Å². The van der Waals surface area contributed by atoms with E-state index in [0.717, 1.165) is 5.56 Å². The van der Waals surface area contributed by atoms with E-state index in [-0.39, 0.29) is 24.2 Å². The first-order valence-corrected chi connectivity index (χ1v) is 7.25. The molecule has 4 nitrogen and oxygen atoms in total. The highest BCUT2D eigenvalue weighted by Crippen LogP contribution is 2.12. The van der Waals surface area contributed by atoms with Gasteiger partial charge in [-0.15, -0.1) is 0 Å².